The molecule has 190 valence electrons. The predicted octanol–water partition coefficient (Wildman–Crippen LogP) is 6.41. The number of nitrogens with one attached hydrogen (secondary N) is 2. The van der Waals surface area contributed by atoms with Crippen LogP contribution in [0.5, 0.6) is 0 Å². The van der Waals surface area contributed by atoms with Crippen LogP contribution in [0.2, 0.25) is 0 Å². The van der Waals surface area contributed by atoms with Crippen molar-refractivity contribution in [3.63, 3.8) is 0 Å². The Kier molecular flexibility index (Phi) is 8.04. The van der Waals surface area contributed by atoms with Crippen molar-refractivity contribution in [2.75, 3.05) is 17.7 Å². The van der Waals surface area contributed by atoms with Gasteiger partial charge < -0.3 is 10.2 Å². The van der Waals surface area contributed by atoms with E-state index in [4.69, 9.17) is 0 Å². The largest absolute Gasteiger partial charge is 0.387 e. The molecule has 2 N–H and O–H groups in total. The van der Waals surface area contributed by atoms with Crippen molar-refractivity contribution < 1.29 is 8.78 Å². The van der Waals surface area contributed by atoms with E-state index in [1.54, 1.807) is 30.6 Å². The van der Waals surface area contributed by atoms with Crippen molar-refractivity contribution in [2.45, 2.75) is 45.7 Å². The summed E-state index contributed by atoms with van der Waals surface area (Å²) in [4.78, 5) is 2.04. The number of anilines is 1. The molecule has 36 heavy (non-hydrogen) atoms. The molecule has 1 aliphatic heterocycles. The summed E-state index contributed by atoms with van der Waals surface area (Å²) in [5.41, 5.74) is 5.90. The van der Waals surface area contributed by atoms with E-state index in [2.05, 4.69) is 42.5 Å². The Morgan fingerprint density at radius 1 is 1.19 bits per heavy atom. The number of aromatic amines is 1. The lowest BCUT2D eigenvalue weighted by Gasteiger charge is -2.31. The number of allylic oxidation sites excluding steroid dienone is 1. The number of halogens is 2. The molecule has 0 bridgehead atoms. The van der Waals surface area contributed by atoms with E-state index in [0.29, 0.717) is 31.1 Å². The number of rotatable bonds is 11. The average molecular weight is 510 g/mol. The molecule has 0 saturated heterocycles. The van der Waals surface area contributed by atoms with Crippen LogP contribution in [0.4, 0.5) is 14.5 Å². The van der Waals surface area contributed by atoms with Gasteiger partial charge in [-0.2, -0.15) is 5.10 Å². The maximum atomic E-state index is 15.0. The lowest BCUT2D eigenvalue weighted by molar-refractivity contribution is 0.543. The molecule has 0 unspecified atom stereocenters. The maximum absolute atomic E-state index is 15.0. The van der Waals surface area contributed by atoms with Crippen molar-refractivity contribution in [1.82, 2.24) is 19.8 Å². The molecular formula is C28H33F2N5S. The predicted molar refractivity (Wildman–Crippen MR) is 145 cm³/mol. The first-order chi connectivity index (χ1) is 17.2. The monoisotopic (exact) mass is 509 g/mol. The van der Waals surface area contributed by atoms with Gasteiger partial charge in [0.2, 0.25) is 0 Å². The van der Waals surface area contributed by atoms with Crippen LogP contribution in [0.15, 0.2) is 67.4 Å². The normalized spacial score (nSPS) is 12.7. The molecule has 0 atom stereocenters. The molecule has 0 radical (unpaired) electrons. The number of aryl methyl sites for hydroxylation is 1. The number of hydrogen-bond acceptors (Lipinski definition) is 5. The van der Waals surface area contributed by atoms with Gasteiger partial charge in [0.05, 0.1) is 12.7 Å². The van der Waals surface area contributed by atoms with Crippen LogP contribution in [-0.2, 0) is 19.4 Å². The Labute approximate surface area is 216 Å². The van der Waals surface area contributed by atoms with E-state index in [9.17, 15) is 8.78 Å². The first-order valence-electron chi connectivity index (χ1n) is 12.1. The van der Waals surface area contributed by atoms with Gasteiger partial charge in [0, 0.05) is 47.6 Å². The lowest BCUT2D eigenvalue weighted by Crippen LogP contribution is -2.29. The van der Waals surface area contributed by atoms with Gasteiger partial charge in [0.15, 0.2) is 0 Å². The van der Waals surface area contributed by atoms with Crippen molar-refractivity contribution in [3.8, 4) is 11.1 Å². The Bertz CT molecular complexity index is 1240. The van der Waals surface area contributed by atoms with E-state index >= 15 is 0 Å². The fourth-order valence-electron chi connectivity index (χ4n) is 4.59. The van der Waals surface area contributed by atoms with Gasteiger partial charge in [-0.05, 0) is 74.1 Å². The molecule has 0 aliphatic carbocycles. The highest BCUT2D eigenvalue weighted by molar-refractivity contribution is 7.96. The zero-order chi connectivity index (χ0) is 25.8. The molecule has 5 nitrogen and oxygen atoms in total. The fourth-order valence-corrected chi connectivity index (χ4v) is 5.18. The van der Waals surface area contributed by atoms with Gasteiger partial charge in [-0.15, -0.1) is 0 Å². The minimum Gasteiger partial charge on any atom is -0.387 e. The molecule has 1 aliphatic rings. The smallest absolute Gasteiger partial charge is 0.133 e. The number of benzene rings is 2. The summed E-state index contributed by atoms with van der Waals surface area (Å²) in [6.07, 6.45) is 7.52. The molecule has 0 spiro atoms. The highest BCUT2D eigenvalue weighted by atomic mass is 32.2. The summed E-state index contributed by atoms with van der Waals surface area (Å²) in [7, 11) is 0. The Morgan fingerprint density at radius 2 is 1.97 bits per heavy atom. The third kappa shape index (κ3) is 5.93. The number of aromatic nitrogens is 2. The van der Waals surface area contributed by atoms with Gasteiger partial charge >= 0.3 is 0 Å². The van der Waals surface area contributed by atoms with Crippen molar-refractivity contribution >= 4 is 17.6 Å². The number of hydrogen-bond donors (Lipinski definition) is 2. The van der Waals surface area contributed by atoms with E-state index < -0.39 is 0 Å². The maximum Gasteiger partial charge on any atom is 0.133 e. The molecule has 8 heteroatoms. The first kappa shape index (κ1) is 25.8. The standard InChI is InChI=1S/C28H33F2N5S/c1-18(2)33-19(3)6-7-21-10-22(12-25(29)11-21)17-35(36-5)20(4)34-9-8-23-13-26(24-15-31-32-16-24)27(30)14-28(23)34/h10-16,18,33H,3-4,6-9,17H2,1-2,5H3,(H,31,32). The Morgan fingerprint density at radius 3 is 2.67 bits per heavy atom. The van der Waals surface area contributed by atoms with Gasteiger partial charge in [-0.25, -0.2) is 8.78 Å². The quantitative estimate of drug-likeness (QED) is 0.292. The Hall–Kier alpha value is -3.26. The third-order valence-electron chi connectivity index (χ3n) is 6.24. The molecular weight excluding hydrogens is 476 g/mol. The van der Waals surface area contributed by atoms with Crippen LogP contribution in [0, 0.1) is 11.6 Å². The fraction of sp³-hybridized carbons (Fsp3) is 0.321. The molecule has 2 aromatic carbocycles. The van der Waals surface area contributed by atoms with E-state index in [-0.39, 0.29) is 11.6 Å². The third-order valence-corrected chi connectivity index (χ3v) is 7.03. The van der Waals surface area contributed by atoms with E-state index in [1.807, 2.05) is 27.6 Å². The summed E-state index contributed by atoms with van der Waals surface area (Å²) >= 11 is 1.52. The minimum absolute atomic E-state index is 0.253. The second kappa shape index (κ2) is 11.2. The van der Waals surface area contributed by atoms with Crippen LogP contribution in [0.3, 0.4) is 0 Å². The second-order valence-electron chi connectivity index (χ2n) is 9.36. The van der Waals surface area contributed by atoms with Crippen molar-refractivity contribution in [3.05, 3.63) is 95.7 Å². The molecule has 4 rings (SSSR count). The second-order valence-corrected chi connectivity index (χ2v) is 10.2. The van der Waals surface area contributed by atoms with Crippen LogP contribution < -0.4 is 10.2 Å². The Balaban J connectivity index is 1.48. The molecule has 1 aromatic heterocycles. The van der Waals surface area contributed by atoms with Crippen LogP contribution >= 0.6 is 11.9 Å². The molecule has 0 fully saturated rings. The van der Waals surface area contributed by atoms with Gasteiger partial charge in [0.25, 0.3) is 0 Å². The van der Waals surface area contributed by atoms with Crippen LogP contribution in [0.25, 0.3) is 11.1 Å². The van der Waals surface area contributed by atoms with E-state index in [0.717, 1.165) is 52.3 Å². The topological polar surface area (TPSA) is 47.2 Å². The van der Waals surface area contributed by atoms with E-state index in [1.165, 1.54) is 11.9 Å². The highest BCUT2D eigenvalue weighted by Gasteiger charge is 2.26. The number of H-pyrrole nitrogens is 1. The van der Waals surface area contributed by atoms with Crippen LogP contribution in [0.1, 0.15) is 37.0 Å². The molecule has 3 aromatic rings. The number of nitrogens with zero attached hydrogens (tertiary/aromatic N) is 3. The van der Waals surface area contributed by atoms with Gasteiger partial charge in [0.1, 0.15) is 17.5 Å². The molecule has 0 amide bonds. The summed E-state index contributed by atoms with van der Waals surface area (Å²) in [6.45, 7) is 13.7. The molecule has 2 heterocycles. The molecule has 0 saturated carbocycles. The van der Waals surface area contributed by atoms with Crippen molar-refractivity contribution in [2.24, 2.45) is 0 Å². The minimum atomic E-state index is -0.297. The van der Waals surface area contributed by atoms with Gasteiger partial charge in [-0.1, -0.05) is 31.2 Å². The highest BCUT2D eigenvalue weighted by Crippen LogP contribution is 2.37. The van der Waals surface area contributed by atoms with Crippen LogP contribution in [-0.4, -0.2) is 33.3 Å². The SMILES string of the molecule is C=C(CCc1cc(F)cc(CN(SC)C(=C)N2CCc3cc(-c4cn[nH]c4)c(F)cc32)c1)NC(C)C. The average Bonchev–Trinajstić information content (AvgIpc) is 3.49. The lowest BCUT2D eigenvalue weighted by atomic mass is 10.0. The zero-order valence-electron chi connectivity index (χ0n) is 21.1. The zero-order valence-corrected chi connectivity index (χ0v) is 21.9. The van der Waals surface area contributed by atoms with Gasteiger partial charge in [-0.3, -0.25) is 9.40 Å². The summed E-state index contributed by atoms with van der Waals surface area (Å²) in [6, 6.07) is 8.98. The number of fused-ring (bicyclic) bond motifs is 1. The first-order valence-corrected chi connectivity index (χ1v) is 13.3. The van der Waals surface area contributed by atoms with Crippen molar-refractivity contribution in [1.29, 1.82) is 0 Å². The summed E-state index contributed by atoms with van der Waals surface area (Å²) in [5.74, 6) is 0.197. The summed E-state index contributed by atoms with van der Waals surface area (Å²) in [5, 5.41) is 9.98. The summed E-state index contributed by atoms with van der Waals surface area (Å²) < 4.78 is 31.5.